The Labute approximate surface area is 111 Å². The van der Waals surface area contributed by atoms with E-state index in [1.807, 2.05) is 0 Å². The Morgan fingerprint density at radius 1 is 1.29 bits per heavy atom. The van der Waals surface area contributed by atoms with Gasteiger partial charge in [0.05, 0.1) is 10.0 Å². The Kier molecular flexibility index (Phi) is 4.43. The first kappa shape index (κ1) is 12.9. The van der Waals surface area contributed by atoms with Crippen LogP contribution >= 0.6 is 23.2 Å². The molecule has 1 aromatic carbocycles. The number of hydrogen-bond donors (Lipinski definition) is 1. The van der Waals surface area contributed by atoms with E-state index in [0.29, 0.717) is 27.9 Å². The van der Waals surface area contributed by atoms with Crippen molar-refractivity contribution in [3.8, 4) is 0 Å². The van der Waals surface area contributed by atoms with E-state index < -0.39 is 0 Å². The van der Waals surface area contributed by atoms with Gasteiger partial charge in [0.15, 0.2) is 5.78 Å². The predicted molar refractivity (Wildman–Crippen MR) is 71.0 cm³/mol. The molecule has 4 heteroatoms. The lowest BCUT2D eigenvalue weighted by Gasteiger charge is -2.22. The van der Waals surface area contributed by atoms with Crippen LogP contribution in [0.5, 0.6) is 0 Å². The van der Waals surface area contributed by atoms with Gasteiger partial charge in [-0.2, -0.15) is 0 Å². The Morgan fingerprint density at radius 2 is 2.00 bits per heavy atom. The number of hydrogen-bond acceptors (Lipinski definition) is 2. The molecule has 0 atom stereocenters. The molecule has 92 valence electrons. The maximum absolute atomic E-state index is 12.1. The predicted octanol–water partition coefficient (Wildman–Crippen LogP) is 3.57. The molecule has 1 aliphatic heterocycles. The average molecular weight is 272 g/mol. The smallest absolute Gasteiger partial charge is 0.164 e. The quantitative estimate of drug-likeness (QED) is 0.852. The summed E-state index contributed by atoms with van der Waals surface area (Å²) in [5, 5.41) is 4.12. The van der Waals surface area contributed by atoms with E-state index in [2.05, 4.69) is 5.32 Å². The van der Waals surface area contributed by atoms with E-state index in [1.165, 1.54) is 0 Å². The molecule has 2 nitrogen and oxygen atoms in total. The first-order chi connectivity index (χ1) is 8.18. The summed E-state index contributed by atoms with van der Waals surface area (Å²) < 4.78 is 0. The molecule has 0 bridgehead atoms. The second-order valence-corrected chi connectivity index (χ2v) is 5.21. The van der Waals surface area contributed by atoms with Crippen molar-refractivity contribution in [2.75, 3.05) is 13.1 Å². The Hall–Kier alpha value is -0.570. The molecule has 1 N–H and O–H groups in total. The molecule has 17 heavy (non-hydrogen) atoms. The monoisotopic (exact) mass is 271 g/mol. The summed E-state index contributed by atoms with van der Waals surface area (Å²) in [7, 11) is 0. The minimum absolute atomic E-state index is 0.101. The van der Waals surface area contributed by atoms with Crippen LogP contribution in [0.4, 0.5) is 0 Å². The van der Waals surface area contributed by atoms with Crippen LogP contribution in [0.1, 0.15) is 29.6 Å². The lowest BCUT2D eigenvalue weighted by atomic mass is 9.90. The molecule has 0 aliphatic carbocycles. The highest BCUT2D eigenvalue weighted by Gasteiger charge is 2.19. The van der Waals surface area contributed by atoms with Gasteiger partial charge < -0.3 is 5.32 Å². The molecule has 0 aromatic heterocycles. The largest absolute Gasteiger partial charge is 0.317 e. The third kappa shape index (κ3) is 3.21. The fourth-order valence-electron chi connectivity index (χ4n) is 2.18. The normalized spacial score (nSPS) is 17.1. The number of piperidine rings is 1. The maximum atomic E-state index is 12.1. The first-order valence-electron chi connectivity index (χ1n) is 5.86. The van der Waals surface area contributed by atoms with Crippen molar-refractivity contribution in [2.24, 2.45) is 5.92 Å². The molecular weight excluding hydrogens is 257 g/mol. The highest BCUT2D eigenvalue weighted by Crippen LogP contribution is 2.28. The third-order valence-electron chi connectivity index (χ3n) is 3.18. The molecule has 1 saturated heterocycles. The zero-order chi connectivity index (χ0) is 12.3. The number of carbonyl (C=O) groups excluding carboxylic acids is 1. The lowest BCUT2D eigenvalue weighted by molar-refractivity contribution is 0.0952. The van der Waals surface area contributed by atoms with Crippen molar-refractivity contribution in [2.45, 2.75) is 19.3 Å². The van der Waals surface area contributed by atoms with E-state index in [-0.39, 0.29) is 5.78 Å². The summed E-state index contributed by atoms with van der Waals surface area (Å²) in [6.45, 7) is 2.00. The van der Waals surface area contributed by atoms with Gasteiger partial charge in [0.1, 0.15) is 0 Å². The SMILES string of the molecule is O=C(CC1CCNCC1)c1cccc(Cl)c1Cl. The molecule has 0 unspecified atom stereocenters. The molecule has 0 saturated carbocycles. The zero-order valence-corrected chi connectivity index (χ0v) is 11.0. The van der Waals surface area contributed by atoms with Gasteiger partial charge in [0, 0.05) is 12.0 Å². The van der Waals surface area contributed by atoms with E-state index in [1.54, 1.807) is 18.2 Å². The number of halogens is 2. The number of nitrogens with one attached hydrogen (secondary N) is 1. The molecule has 0 amide bonds. The average Bonchev–Trinajstić information content (AvgIpc) is 2.34. The summed E-state index contributed by atoms with van der Waals surface area (Å²) in [4.78, 5) is 12.1. The minimum atomic E-state index is 0.101. The Bertz CT molecular complexity index is 414. The zero-order valence-electron chi connectivity index (χ0n) is 9.51. The number of ketones is 1. The molecule has 0 spiro atoms. The van der Waals surface area contributed by atoms with E-state index in [0.717, 1.165) is 25.9 Å². The van der Waals surface area contributed by atoms with Crippen LogP contribution in [0.2, 0.25) is 10.0 Å². The summed E-state index contributed by atoms with van der Waals surface area (Å²) in [6, 6.07) is 5.21. The second kappa shape index (κ2) is 5.85. The number of benzene rings is 1. The highest BCUT2D eigenvalue weighted by molar-refractivity contribution is 6.43. The van der Waals surface area contributed by atoms with Crippen molar-refractivity contribution in [1.82, 2.24) is 5.32 Å². The van der Waals surface area contributed by atoms with Gasteiger partial charge in [-0.25, -0.2) is 0 Å². The summed E-state index contributed by atoms with van der Waals surface area (Å²) in [5.41, 5.74) is 0.553. The molecule has 1 heterocycles. The standard InChI is InChI=1S/C13H15Cl2NO/c14-11-3-1-2-10(13(11)15)12(17)8-9-4-6-16-7-5-9/h1-3,9,16H,4-8H2. The number of Topliss-reactive ketones (excluding diaryl/α,β-unsaturated/α-hetero) is 1. The molecule has 1 aromatic rings. The molecule has 2 rings (SSSR count). The Balaban J connectivity index is 2.06. The fourth-order valence-corrected chi connectivity index (χ4v) is 2.58. The van der Waals surface area contributed by atoms with Crippen LogP contribution in [-0.4, -0.2) is 18.9 Å². The van der Waals surface area contributed by atoms with Crippen molar-refractivity contribution in [3.63, 3.8) is 0 Å². The highest BCUT2D eigenvalue weighted by atomic mass is 35.5. The van der Waals surface area contributed by atoms with Crippen LogP contribution in [-0.2, 0) is 0 Å². The van der Waals surface area contributed by atoms with Crippen LogP contribution in [0.25, 0.3) is 0 Å². The van der Waals surface area contributed by atoms with Crippen molar-refractivity contribution >= 4 is 29.0 Å². The van der Waals surface area contributed by atoms with Gasteiger partial charge in [-0.3, -0.25) is 4.79 Å². The maximum Gasteiger partial charge on any atom is 0.164 e. The van der Waals surface area contributed by atoms with Gasteiger partial charge in [-0.15, -0.1) is 0 Å². The summed E-state index contributed by atoms with van der Waals surface area (Å²) in [5.74, 6) is 0.572. The second-order valence-electron chi connectivity index (χ2n) is 4.42. The molecule has 1 fully saturated rings. The fraction of sp³-hybridized carbons (Fsp3) is 0.462. The van der Waals surface area contributed by atoms with E-state index in [4.69, 9.17) is 23.2 Å². The van der Waals surface area contributed by atoms with Crippen LogP contribution in [0.15, 0.2) is 18.2 Å². The van der Waals surface area contributed by atoms with Gasteiger partial charge >= 0.3 is 0 Å². The summed E-state index contributed by atoms with van der Waals surface area (Å²) in [6.07, 6.45) is 2.69. The van der Waals surface area contributed by atoms with Gasteiger partial charge in [0.25, 0.3) is 0 Å². The number of rotatable bonds is 3. The van der Waals surface area contributed by atoms with E-state index in [9.17, 15) is 4.79 Å². The van der Waals surface area contributed by atoms with Gasteiger partial charge in [0.2, 0.25) is 0 Å². The molecule has 1 aliphatic rings. The number of carbonyl (C=O) groups is 1. The topological polar surface area (TPSA) is 29.1 Å². The Morgan fingerprint density at radius 3 is 2.71 bits per heavy atom. The van der Waals surface area contributed by atoms with Crippen molar-refractivity contribution < 1.29 is 4.79 Å². The van der Waals surface area contributed by atoms with Crippen molar-refractivity contribution in [1.29, 1.82) is 0 Å². The third-order valence-corrected chi connectivity index (χ3v) is 4.00. The van der Waals surface area contributed by atoms with E-state index >= 15 is 0 Å². The van der Waals surface area contributed by atoms with Crippen LogP contribution in [0.3, 0.4) is 0 Å². The van der Waals surface area contributed by atoms with Crippen LogP contribution in [0, 0.1) is 5.92 Å². The lowest BCUT2D eigenvalue weighted by Crippen LogP contribution is -2.28. The van der Waals surface area contributed by atoms with Crippen LogP contribution < -0.4 is 5.32 Å². The molecule has 0 radical (unpaired) electrons. The van der Waals surface area contributed by atoms with Gasteiger partial charge in [-0.05, 0) is 44.0 Å². The summed E-state index contributed by atoms with van der Waals surface area (Å²) >= 11 is 11.9. The molecular formula is C13H15Cl2NO. The minimum Gasteiger partial charge on any atom is -0.317 e. The van der Waals surface area contributed by atoms with Gasteiger partial charge in [-0.1, -0.05) is 29.3 Å². The first-order valence-corrected chi connectivity index (χ1v) is 6.62. The van der Waals surface area contributed by atoms with Crippen molar-refractivity contribution in [3.05, 3.63) is 33.8 Å².